The topological polar surface area (TPSA) is 98.3 Å². The quantitative estimate of drug-likeness (QED) is 0.501. The van der Waals surface area contributed by atoms with Crippen LogP contribution in [0, 0.1) is 15.5 Å². The van der Waals surface area contributed by atoms with Crippen LogP contribution in [0.2, 0.25) is 0 Å². The molecule has 1 aromatic carbocycles. The lowest BCUT2D eigenvalue weighted by molar-refractivity contribution is -0.384. The van der Waals surface area contributed by atoms with E-state index in [1.807, 2.05) is 0 Å². The first kappa shape index (κ1) is 14.3. The van der Waals surface area contributed by atoms with Crippen LogP contribution in [-0.4, -0.2) is 17.4 Å². The number of hydrogen-bond acceptors (Lipinski definition) is 4. The van der Waals surface area contributed by atoms with Crippen molar-refractivity contribution in [2.45, 2.75) is 32.6 Å². The summed E-state index contributed by atoms with van der Waals surface area (Å²) >= 11 is 0. The van der Waals surface area contributed by atoms with Gasteiger partial charge in [-0.1, -0.05) is 25.8 Å². The second kappa shape index (κ2) is 5.48. The Kier molecular flexibility index (Phi) is 3.92. The number of nitrogens with zero attached hydrogens (tertiary/aromatic N) is 1. The Morgan fingerprint density at radius 3 is 2.70 bits per heavy atom. The molecule has 0 heterocycles. The number of nitrogen functional groups attached to an aromatic ring is 1. The predicted molar refractivity (Wildman–Crippen MR) is 76.4 cm³/mol. The predicted octanol–water partition coefficient (Wildman–Crippen LogP) is 2.49. The summed E-state index contributed by atoms with van der Waals surface area (Å²) in [5.74, 6) is -0.433. The number of carbonyl (C=O) groups is 1. The van der Waals surface area contributed by atoms with Gasteiger partial charge in [0, 0.05) is 6.54 Å². The first-order valence-corrected chi connectivity index (χ1v) is 6.74. The molecule has 6 heteroatoms. The minimum Gasteiger partial charge on any atom is -0.393 e. The zero-order chi connectivity index (χ0) is 14.8. The second-order valence-electron chi connectivity index (χ2n) is 5.70. The molecular formula is C14H19N3O3. The van der Waals surface area contributed by atoms with Gasteiger partial charge in [0.25, 0.3) is 5.91 Å². The molecule has 1 aliphatic carbocycles. The Morgan fingerprint density at radius 1 is 1.45 bits per heavy atom. The van der Waals surface area contributed by atoms with Crippen LogP contribution < -0.4 is 11.1 Å². The Hall–Kier alpha value is -2.11. The summed E-state index contributed by atoms with van der Waals surface area (Å²) < 4.78 is 0. The molecule has 0 aromatic heterocycles. The summed E-state index contributed by atoms with van der Waals surface area (Å²) in [6.07, 6.45) is 4.49. The van der Waals surface area contributed by atoms with Gasteiger partial charge < -0.3 is 11.1 Å². The Labute approximate surface area is 117 Å². The fourth-order valence-corrected chi connectivity index (χ4v) is 2.74. The van der Waals surface area contributed by atoms with Crippen LogP contribution in [0.3, 0.4) is 0 Å². The van der Waals surface area contributed by atoms with Crippen molar-refractivity contribution >= 4 is 17.3 Å². The number of nitrogens with one attached hydrogen (secondary N) is 1. The van der Waals surface area contributed by atoms with Crippen LogP contribution in [0.25, 0.3) is 0 Å². The van der Waals surface area contributed by atoms with Gasteiger partial charge >= 0.3 is 5.69 Å². The first-order valence-electron chi connectivity index (χ1n) is 6.74. The summed E-state index contributed by atoms with van der Waals surface area (Å²) in [6, 6.07) is 4.41. The molecule has 0 aliphatic heterocycles. The van der Waals surface area contributed by atoms with E-state index in [0.717, 1.165) is 12.8 Å². The third kappa shape index (κ3) is 2.89. The van der Waals surface area contributed by atoms with Crippen LogP contribution in [0.5, 0.6) is 0 Å². The van der Waals surface area contributed by atoms with E-state index in [4.69, 9.17) is 5.73 Å². The lowest BCUT2D eigenvalue weighted by Crippen LogP contribution is -2.34. The number of benzene rings is 1. The molecule has 0 unspecified atom stereocenters. The standard InChI is InChI=1S/C14H19N3O3/c1-14(7-2-3-8-14)9-16-13(18)10-5-4-6-11(15)12(10)17(19)20/h4-6H,2-3,7-9,15H2,1H3,(H,16,18). The molecule has 0 bridgehead atoms. The molecule has 2 rings (SSSR count). The maximum Gasteiger partial charge on any atom is 0.304 e. The van der Waals surface area contributed by atoms with Crippen molar-refractivity contribution in [3.05, 3.63) is 33.9 Å². The minimum atomic E-state index is -0.610. The zero-order valence-electron chi connectivity index (χ0n) is 11.5. The highest BCUT2D eigenvalue weighted by atomic mass is 16.6. The van der Waals surface area contributed by atoms with Gasteiger partial charge in [-0.2, -0.15) is 0 Å². The van der Waals surface area contributed by atoms with Crippen molar-refractivity contribution in [1.82, 2.24) is 5.32 Å². The molecule has 3 N–H and O–H groups in total. The second-order valence-corrected chi connectivity index (χ2v) is 5.70. The van der Waals surface area contributed by atoms with E-state index in [2.05, 4.69) is 12.2 Å². The van der Waals surface area contributed by atoms with Crippen molar-refractivity contribution in [1.29, 1.82) is 0 Å². The van der Waals surface area contributed by atoms with E-state index in [9.17, 15) is 14.9 Å². The van der Waals surface area contributed by atoms with E-state index >= 15 is 0 Å². The fourth-order valence-electron chi connectivity index (χ4n) is 2.74. The lowest BCUT2D eigenvalue weighted by Gasteiger charge is -2.23. The Bertz CT molecular complexity index is 536. The number of para-hydroxylation sites is 1. The lowest BCUT2D eigenvalue weighted by atomic mass is 9.89. The van der Waals surface area contributed by atoms with Gasteiger partial charge in [0.15, 0.2) is 0 Å². The molecule has 0 radical (unpaired) electrons. The highest BCUT2D eigenvalue weighted by Crippen LogP contribution is 2.36. The Balaban J connectivity index is 2.13. The molecule has 0 atom stereocenters. The summed E-state index contributed by atoms with van der Waals surface area (Å²) in [5.41, 5.74) is 5.40. The van der Waals surface area contributed by atoms with Gasteiger partial charge in [-0.3, -0.25) is 14.9 Å². The SMILES string of the molecule is CC1(CNC(=O)c2cccc(N)c2[N+](=O)[O-])CCCC1. The van der Waals surface area contributed by atoms with Gasteiger partial charge in [-0.15, -0.1) is 0 Å². The highest BCUT2D eigenvalue weighted by Gasteiger charge is 2.30. The number of nitrogens with two attached hydrogens (primary N) is 1. The Morgan fingerprint density at radius 2 is 2.10 bits per heavy atom. The monoisotopic (exact) mass is 277 g/mol. The van der Waals surface area contributed by atoms with Crippen LogP contribution in [0.15, 0.2) is 18.2 Å². The molecule has 1 amide bonds. The van der Waals surface area contributed by atoms with Gasteiger partial charge in [0.1, 0.15) is 11.3 Å². The molecule has 6 nitrogen and oxygen atoms in total. The van der Waals surface area contributed by atoms with E-state index < -0.39 is 10.8 Å². The van der Waals surface area contributed by atoms with E-state index in [1.54, 1.807) is 6.07 Å². The van der Waals surface area contributed by atoms with Crippen molar-refractivity contribution in [2.24, 2.45) is 5.41 Å². The third-order valence-electron chi connectivity index (χ3n) is 3.98. The van der Waals surface area contributed by atoms with Crippen molar-refractivity contribution in [2.75, 3.05) is 12.3 Å². The first-order chi connectivity index (χ1) is 9.43. The van der Waals surface area contributed by atoms with Crippen LogP contribution in [-0.2, 0) is 0 Å². The highest BCUT2D eigenvalue weighted by molar-refractivity contribution is 6.00. The van der Waals surface area contributed by atoms with Crippen LogP contribution >= 0.6 is 0 Å². The van der Waals surface area contributed by atoms with Crippen molar-refractivity contribution in [3.63, 3.8) is 0 Å². The third-order valence-corrected chi connectivity index (χ3v) is 3.98. The van der Waals surface area contributed by atoms with E-state index in [1.165, 1.54) is 25.0 Å². The maximum atomic E-state index is 12.1. The smallest absolute Gasteiger partial charge is 0.304 e. The fraction of sp³-hybridized carbons (Fsp3) is 0.500. The maximum absolute atomic E-state index is 12.1. The van der Waals surface area contributed by atoms with Crippen molar-refractivity contribution < 1.29 is 9.72 Å². The molecule has 1 fully saturated rings. The number of nitro benzene ring substituents is 1. The average Bonchev–Trinajstić information content (AvgIpc) is 2.82. The molecule has 1 aromatic rings. The average molecular weight is 277 g/mol. The number of hydrogen-bond donors (Lipinski definition) is 2. The van der Waals surface area contributed by atoms with E-state index in [-0.39, 0.29) is 22.4 Å². The minimum absolute atomic E-state index is 0.00901. The number of nitro groups is 1. The summed E-state index contributed by atoms with van der Waals surface area (Å²) in [5, 5.41) is 13.8. The van der Waals surface area contributed by atoms with Crippen molar-refractivity contribution in [3.8, 4) is 0 Å². The number of rotatable bonds is 4. The number of carbonyl (C=O) groups excluding carboxylic acids is 1. The molecular weight excluding hydrogens is 258 g/mol. The number of amides is 1. The summed E-state index contributed by atoms with van der Waals surface area (Å²) in [4.78, 5) is 22.6. The molecule has 20 heavy (non-hydrogen) atoms. The molecule has 0 saturated heterocycles. The van der Waals surface area contributed by atoms with Crippen LogP contribution in [0.4, 0.5) is 11.4 Å². The number of anilines is 1. The largest absolute Gasteiger partial charge is 0.393 e. The van der Waals surface area contributed by atoms with E-state index in [0.29, 0.717) is 6.54 Å². The summed E-state index contributed by atoms with van der Waals surface area (Å²) in [6.45, 7) is 2.67. The van der Waals surface area contributed by atoms with Gasteiger partial charge in [-0.25, -0.2) is 0 Å². The normalized spacial score (nSPS) is 16.9. The molecule has 1 saturated carbocycles. The molecule has 108 valence electrons. The van der Waals surface area contributed by atoms with Crippen LogP contribution in [0.1, 0.15) is 43.0 Å². The summed E-state index contributed by atoms with van der Waals surface area (Å²) in [7, 11) is 0. The van der Waals surface area contributed by atoms with Gasteiger partial charge in [-0.05, 0) is 30.4 Å². The molecule has 0 spiro atoms. The van der Waals surface area contributed by atoms with Gasteiger partial charge in [0.05, 0.1) is 4.92 Å². The molecule has 1 aliphatic rings. The zero-order valence-corrected chi connectivity index (χ0v) is 11.5. The van der Waals surface area contributed by atoms with Gasteiger partial charge in [0.2, 0.25) is 0 Å².